The van der Waals surface area contributed by atoms with Crippen molar-refractivity contribution >= 4 is 23.3 Å². The lowest BCUT2D eigenvalue weighted by atomic mass is 10.0. The van der Waals surface area contributed by atoms with Crippen LogP contribution in [0.3, 0.4) is 0 Å². The van der Waals surface area contributed by atoms with Gasteiger partial charge in [0.15, 0.2) is 0 Å². The first-order valence-corrected chi connectivity index (χ1v) is 8.11. The summed E-state index contributed by atoms with van der Waals surface area (Å²) in [5.74, 6) is 0.784. The molecule has 1 aromatic carbocycles. The molecule has 1 aliphatic heterocycles. The van der Waals surface area contributed by atoms with Gasteiger partial charge in [-0.3, -0.25) is 4.79 Å². The molecule has 0 unspecified atom stereocenters. The molecule has 1 saturated heterocycles. The van der Waals surface area contributed by atoms with Crippen LogP contribution in [-0.2, 0) is 0 Å². The van der Waals surface area contributed by atoms with E-state index in [1.54, 1.807) is 6.20 Å². The van der Waals surface area contributed by atoms with Crippen LogP contribution >= 0.6 is 11.6 Å². The van der Waals surface area contributed by atoms with E-state index >= 15 is 0 Å². The summed E-state index contributed by atoms with van der Waals surface area (Å²) in [6.07, 6.45) is 3.41. The van der Waals surface area contributed by atoms with Gasteiger partial charge in [0.2, 0.25) is 0 Å². The highest BCUT2D eigenvalue weighted by atomic mass is 35.5. The van der Waals surface area contributed by atoms with Gasteiger partial charge < -0.3 is 10.2 Å². The summed E-state index contributed by atoms with van der Waals surface area (Å²) in [6.45, 7) is 3.38. The number of aromatic nitrogens is 2. The van der Waals surface area contributed by atoms with Crippen molar-refractivity contribution in [1.82, 2.24) is 15.1 Å². The molecule has 1 amide bonds. The highest BCUT2D eigenvalue weighted by Crippen LogP contribution is 2.22. The standard InChI is InChI=1S/C17H19ClN4O/c1-12-4-5-14(15(18)11-12)17(23)22-9-6-13(7-10-22)20-16-3-2-8-19-21-16/h2-5,8,11,13H,6-7,9-10H2,1H3,(H,20,21). The minimum atomic E-state index is 0.00736. The molecule has 1 aromatic heterocycles. The average Bonchev–Trinajstić information content (AvgIpc) is 2.56. The number of rotatable bonds is 3. The zero-order valence-electron chi connectivity index (χ0n) is 13.0. The number of nitrogens with zero attached hydrogens (tertiary/aromatic N) is 3. The smallest absolute Gasteiger partial charge is 0.255 e. The maximum atomic E-state index is 12.6. The quantitative estimate of drug-likeness (QED) is 0.939. The Kier molecular flexibility index (Phi) is 4.76. The Labute approximate surface area is 140 Å². The fourth-order valence-corrected chi connectivity index (χ4v) is 3.09. The van der Waals surface area contributed by atoms with E-state index < -0.39 is 0 Å². The van der Waals surface area contributed by atoms with E-state index in [1.807, 2.05) is 42.2 Å². The molecule has 0 radical (unpaired) electrons. The zero-order valence-corrected chi connectivity index (χ0v) is 13.8. The van der Waals surface area contributed by atoms with E-state index in [1.165, 1.54) is 0 Å². The average molecular weight is 331 g/mol. The molecule has 1 N–H and O–H groups in total. The number of piperidine rings is 1. The van der Waals surface area contributed by atoms with Gasteiger partial charge >= 0.3 is 0 Å². The molecule has 0 saturated carbocycles. The second-order valence-electron chi connectivity index (χ2n) is 5.80. The molecular weight excluding hydrogens is 312 g/mol. The molecule has 6 heteroatoms. The number of anilines is 1. The SMILES string of the molecule is Cc1ccc(C(=O)N2CCC(Nc3cccnn3)CC2)c(Cl)c1. The van der Waals surface area contributed by atoms with Crippen molar-refractivity contribution in [3.8, 4) is 0 Å². The Balaban J connectivity index is 1.59. The van der Waals surface area contributed by atoms with Crippen molar-refractivity contribution in [3.05, 3.63) is 52.7 Å². The van der Waals surface area contributed by atoms with Gasteiger partial charge in [-0.15, -0.1) is 5.10 Å². The second kappa shape index (κ2) is 6.96. The van der Waals surface area contributed by atoms with Crippen LogP contribution in [0.1, 0.15) is 28.8 Å². The number of nitrogens with one attached hydrogen (secondary N) is 1. The summed E-state index contributed by atoms with van der Waals surface area (Å²) in [5, 5.41) is 11.8. The fourth-order valence-electron chi connectivity index (χ4n) is 2.78. The second-order valence-corrected chi connectivity index (χ2v) is 6.21. The molecule has 5 nitrogen and oxygen atoms in total. The molecule has 1 aliphatic rings. The molecule has 2 heterocycles. The maximum Gasteiger partial charge on any atom is 0.255 e. The predicted molar refractivity (Wildman–Crippen MR) is 90.8 cm³/mol. The van der Waals surface area contributed by atoms with E-state index in [0.29, 0.717) is 29.7 Å². The summed E-state index contributed by atoms with van der Waals surface area (Å²) >= 11 is 6.20. The van der Waals surface area contributed by atoms with Gasteiger partial charge in [-0.25, -0.2) is 0 Å². The Morgan fingerprint density at radius 2 is 2.09 bits per heavy atom. The third kappa shape index (κ3) is 3.79. The van der Waals surface area contributed by atoms with Crippen LogP contribution in [0, 0.1) is 6.92 Å². The van der Waals surface area contributed by atoms with Gasteiger partial charge in [0.1, 0.15) is 5.82 Å². The van der Waals surface area contributed by atoms with E-state index in [-0.39, 0.29) is 5.91 Å². The van der Waals surface area contributed by atoms with Gasteiger partial charge in [0.25, 0.3) is 5.91 Å². The van der Waals surface area contributed by atoms with Crippen LogP contribution in [0.15, 0.2) is 36.5 Å². The number of carbonyl (C=O) groups is 1. The largest absolute Gasteiger partial charge is 0.366 e. The van der Waals surface area contributed by atoms with Crippen LogP contribution in [-0.4, -0.2) is 40.1 Å². The molecule has 120 valence electrons. The monoisotopic (exact) mass is 330 g/mol. The number of hydrogen-bond acceptors (Lipinski definition) is 4. The Hall–Kier alpha value is -2.14. The van der Waals surface area contributed by atoms with Crippen molar-refractivity contribution < 1.29 is 4.79 Å². The lowest BCUT2D eigenvalue weighted by Crippen LogP contribution is -2.42. The molecular formula is C17H19ClN4O. The molecule has 3 rings (SSSR count). The molecule has 0 aliphatic carbocycles. The summed E-state index contributed by atoms with van der Waals surface area (Å²) < 4.78 is 0. The van der Waals surface area contributed by atoms with Crippen molar-refractivity contribution in [2.45, 2.75) is 25.8 Å². The number of carbonyl (C=O) groups excluding carboxylic acids is 1. The van der Waals surface area contributed by atoms with Gasteiger partial charge in [-0.2, -0.15) is 5.10 Å². The first-order chi connectivity index (χ1) is 11.1. The summed E-state index contributed by atoms with van der Waals surface area (Å²) in [4.78, 5) is 14.5. The first kappa shape index (κ1) is 15.7. The van der Waals surface area contributed by atoms with E-state index in [9.17, 15) is 4.79 Å². The molecule has 1 fully saturated rings. The first-order valence-electron chi connectivity index (χ1n) is 7.73. The number of hydrogen-bond donors (Lipinski definition) is 1. The predicted octanol–water partition coefficient (Wildman–Crippen LogP) is 3.16. The van der Waals surface area contributed by atoms with Crippen molar-refractivity contribution in [3.63, 3.8) is 0 Å². The Morgan fingerprint density at radius 3 is 2.74 bits per heavy atom. The molecule has 0 bridgehead atoms. The Morgan fingerprint density at radius 1 is 1.30 bits per heavy atom. The van der Waals surface area contributed by atoms with Crippen LogP contribution in [0.2, 0.25) is 5.02 Å². The lowest BCUT2D eigenvalue weighted by molar-refractivity contribution is 0.0718. The third-order valence-electron chi connectivity index (χ3n) is 4.06. The van der Waals surface area contributed by atoms with E-state index in [4.69, 9.17) is 11.6 Å². The van der Waals surface area contributed by atoms with Gasteiger partial charge in [0.05, 0.1) is 10.6 Å². The van der Waals surface area contributed by atoms with Crippen LogP contribution in [0.5, 0.6) is 0 Å². The minimum Gasteiger partial charge on any atom is -0.366 e. The minimum absolute atomic E-state index is 0.00736. The summed E-state index contributed by atoms with van der Waals surface area (Å²) in [6, 6.07) is 9.62. The van der Waals surface area contributed by atoms with Crippen molar-refractivity contribution in [2.75, 3.05) is 18.4 Å². The van der Waals surface area contributed by atoms with E-state index in [2.05, 4.69) is 15.5 Å². The third-order valence-corrected chi connectivity index (χ3v) is 4.37. The fraction of sp³-hybridized carbons (Fsp3) is 0.353. The van der Waals surface area contributed by atoms with Crippen LogP contribution in [0.25, 0.3) is 0 Å². The molecule has 23 heavy (non-hydrogen) atoms. The van der Waals surface area contributed by atoms with Gasteiger partial charge in [-0.1, -0.05) is 17.7 Å². The molecule has 0 atom stereocenters. The summed E-state index contributed by atoms with van der Waals surface area (Å²) in [7, 11) is 0. The highest BCUT2D eigenvalue weighted by Gasteiger charge is 2.25. The van der Waals surface area contributed by atoms with Crippen LogP contribution in [0.4, 0.5) is 5.82 Å². The summed E-state index contributed by atoms with van der Waals surface area (Å²) in [5.41, 5.74) is 1.64. The normalized spacial score (nSPS) is 15.5. The van der Waals surface area contributed by atoms with E-state index in [0.717, 1.165) is 24.2 Å². The number of amides is 1. The number of likely N-dealkylation sites (tertiary alicyclic amines) is 1. The number of halogens is 1. The number of aryl methyl sites for hydroxylation is 1. The van der Waals surface area contributed by atoms with Crippen LogP contribution < -0.4 is 5.32 Å². The van der Waals surface area contributed by atoms with Crippen molar-refractivity contribution in [2.24, 2.45) is 0 Å². The molecule has 2 aromatic rings. The molecule has 0 spiro atoms. The topological polar surface area (TPSA) is 58.1 Å². The zero-order chi connectivity index (χ0) is 16.2. The van der Waals surface area contributed by atoms with Gasteiger partial charge in [0, 0.05) is 25.3 Å². The highest BCUT2D eigenvalue weighted by molar-refractivity contribution is 6.33. The van der Waals surface area contributed by atoms with Gasteiger partial charge in [-0.05, 0) is 49.6 Å². The number of benzene rings is 1. The van der Waals surface area contributed by atoms with Crippen molar-refractivity contribution in [1.29, 1.82) is 0 Å². The Bertz CT molecular complexity index is 684. The maximum absolute atomic E-state index is 12.6. The lowest BCUT2D eigenvalue weighted by Gasteiger charge is -2.32.